The molecule has 0 aromatic carbocycles. The maximum Gasteiger partial charge on any atom is 0.394 e. The molecule has 0 aliphatic heterocycles. The second-order valence-corrected chi connectivity index (χ2v) is 4.02. The van der Waals surface area contributed by atoms with Gasteiger partial charge >= 0.3 is 6.18 Å². The summed E-state index contributed by atoms with van der Waals surface area (Å²) in [4.78, 5) is 0. The van der Waals surface area contributed by atoms with Crippen molar-refractivity contribution in [3.63, 3.8) is 0 Å². The number of halogens is 3. The molecule has 0 spiro atoms. The predicted molar refractivity (Wildman–Crippen MR) is 41.8 cm³/mol. The third-order valence-corrected chi connectivity index (χ3v) is 3.17. The maximum absolute atomic E-state index is 12.7. The molecule has 1 saturated carbocycles. The lowest BCUT2D eigenvalue weighted by molar-refractivity contribution is -0.237. The standard InChI is InChI=1S/C9H15F3/c1-7(2)8(9(10,11)12)5-3-4-6-8/h7H,3-6H2,1-2H3. The van der Waals surface area contributed by atoms with Gasteiger partial charge in [0.2, 0.25) is 0 Å². The first-order valence-corrected chi connectivity index (χ1v) is 4.47. The highest BCUT2D eigenvalue weighted by Gasteiger charge is 2.57. The molecule has 0 saturated heterocycles. The fourth-order valence-corrected chi connectivity index (χ4v) is 2.19. The van der Waals surface area contributed by atoms with E-state index in [0.717, 1.165) is 12.8 Å². The molecule has 0 radical (unpaired) electrons. The van der Waals surface area contributed by atoms with Gasteiger partial charge in [0.05, 0.1) is 5.41 Å². The van der Waals surface area contributed by atoms with Gasteiger partial charge in [-0.05, 0) is 18.8 Å². The molecule has 0 N–H and O–H groups in total. The molecule has 1 aliphatic carbocycles. The molecule has 0 amide bonds. The van der Waals surface area contributed by atoms with Gasteiger partial charge in [-0.2, -0.15) is 13.2 Å². The zero-order valence-electron chi connectivity index (χ0n) is 7.54. The van der Waals surface area contributed by atoms with E-state index in [1.165, 1.54) is 0 Å². The molecule has 12 heavy (non-hydrogen) atoms. The van der Waals surface area contributed by atoms with Crippen molar-refractivity contribution in [2.24, 2.45) is 11.3 Å². The van der Waals surface area contributed by atoms with Crippen LogP contribution in [-0.4, -0.2) is 6.18 Å². The molecule has 0 bridgehead atoms. The van der Waals surface area contributed by atoms with E-state index >= 15 is 0 Å². The molecule has 3 heteroatoms. The van der Waals surface area contributed by atoms with Crippen LogP contribution < -0.4 is 0 Å². The Balaban J connectivity index is 2.87. The Labute approximate surface area is 71.1 Å². The van der Waals surface area contributed by atoms with Crippen LogP contribution in [0.25, 0.3) is 0 Å². The predicted octanol–water partition coefficient (Wildman–Crippen LogP) is 3.77. The van der Waals surface area contributed by atoms with Gasteiger partial charge in [-0.25, -0.2) is 0 Å². The van der Waals surface area contributed by atoms with Gasteiger partial charge in [0.15, 0.2) is 0 Å². The Kier molecular flexibility index (Phi) is 2.41. The zero-order valence-corrected chi connectivity index (χ0v) is 7.54. The molecular formula is C9H15F3. The minimum Gasteiger partial charge on any atom is -0.170 e. The Hall–Kier alpha value is -0.210. The van der Waals surface area contributed by atoms with Crippen molar-refractivity contribution in [1.82, 2.24) is 0 Å². The highest BCUT2D eigenvalue weighted by Crippen LogP contribution is 2.54. The first kappa shape index (κ1) is 9.87. The van der Waals surface area contributed by atoms with Crippen molar-refractivity contribution in [2.45, 2.75) is 45.7 Å². The summed E-state index contributed by atoms with van der Waals surface area (Å²) in [5.41, 5.74) is -1.37. The van der Waals surface area contributed by atoms with Crippen LogP contribution in [0.1, 0.15) is 39.5 Å². The molecule has 0 unspecified atom stereocenters. The van der Waals surface area contributed by atoms with E-state index < -0.39 is 11.6 Å². The summed E-state index contributed by atoms with van der Waals surface area (Å²) in [5, 5.41) is 0. The fourth-order valence-electron chi connectivity index (χ4n) is 2.19. The third-order valence-electron chi connectivity index (χ3n) is 3.17. The minimum absolute atomic E-state index is 0.278. The maximum atomic E-state index is 12.7. The van der Waals surface area contributed by atoms with Gasteiger partial charge in [0.1, 0.15) is 0 Å². The summed E-state index contributed by atoms with van der Waals surface area (Å²) in [6.07, 6.45) is -1.88. The lowest BCUT2D eigenvalue weighted by Crippen LogP contribution is -2.39. The average molecular weight is 180 g/mol. The third kappa shape index (κ3) is 1.34. The first-order chi connectivity index (χ1) is 5.40. The fraction of sp³-hybridized carbons (Fsp3) is 1.00. The molecule has 1 aliphatic rings. The van der Waals surface area contributed by atoms with Crippen LogP contribution >= 0.6 is 0 Å². The van der Waals surface area contributed by atoms with Gasteiger partial charge in [0, 0.05) is 0 Å². The molecular weight excluding hydrogens is 165 g/mol. The van der Waals surface area contributed by atoms with Gasteiger partial charge in [-0.15, -0.1) is 0 Å². The topological polar surface area (TPSA) is 0 Å². The van der Waals surface area contributed by atoms with Crippen molar-refractivity contribution in [3.05, 3.63) is 0 Å². The number of alkyl halides is 3. The molecule has 0 aromatic heterocycles. The summed E-state index contributed by atoms with van der Waals surface area (Å²) < 4.78 is 38.0. The smallest absolute Gasteiger partial charge is 0.170 e. The van der Waals surface area contributed by atoms with Crippen LogP contribution in [0.2, 0.25) is 0 Å². The van der Waals surface area contributed by atoms with Crippen molar-refractivity contribution in [3.8, 4) is 0 Å². The average Bonchev–Trinajstić information content (AvgIpc) is 2.31. The van der Waals surface area contributed by atoms with E-state index in [1.807, 2.05) is 0 Å². The highest BCUT2D eigenvalue weighted by atomic mass is 19.4. The Bertz CT molecular complexity index is 152. The summed E-state index contributed by atoms with van der Waals surface area (Å²) in [5.74, 6) is -0.278. The second kappa shape index (κ2) is 2.93. The van der Waals surface area contributed by atoms with E-state index in [2.05, 4.69) is 0 Å². The summed E-state index contributed by atoms with van der Waals surface area (Å²) in [7, 11) is 0. The van der Waals surface area contributed by atoms with Crippen molar-refractivity contribution >= 4 is 0 Å². The first-order valence-electron chi connectivity index (χ1n) is 4.47. The lowest BCUT2D eigenvalue weighted by atomic mass is 9.75. The van der Waals surface area contributed by atoms with Gasteiger partial charge in [-0.1, -0.05) is 26.7 Å². The largest absolute Gasteiger partial charge is 0.394 e. The molecule has 0 heterocycles. The van der Waals surface area contributed by atoms with Gasteiger partial charge < -0.3 is 0 Å². The summed E-state index contributed by atoms with van der Waals surface area (Å²) in [6.45, 7) is 3.36. The normalized spacial score (nSPS) is 23.5. The van der Waals surface area contributed by atoms with Crippen LogP contribution in [0.5, 0.6) is 0 Å². The van der Waals surface area contributed by atoms with E-state index in [1.54, 1.807) is 13.8 Å². The minimum atomic E-state index is -4.00. The van der Waals surface area contributed by atoms with Crippen molar-refractivity contribution in [2.75, 3.05) is 0 Å². The molecule has 0 aromatic rings. The Morgan fingerprint density at radius 2 is 1.50 bits per heavy atom. The lowest BCUT2D eigenvalue weighted by Gasteiger charge is -2.35. The highest BCUT2D eigenvalue weighted by molar-refractivity contribution is 4.93. The van der Waals surface area contributed by atoms with Crippen LogP contribution in [0.4, 0.5) is 13.2 Å². The quantitative estimate of drug-likeness (QED) is 0.576. The Morgan fingerprint density at radius 3 is 1.67 bits per heavy atom. The number of hydrogen-bond acceptors (Lipinski definition) is 0. The van der Waals surface area contributed by atoms with Crippen molar-refractivity contribution < 1.29 is 13.2 Å². The van der Waals surface area contributed by atoms with Crippen LogP contribution in [0.15, 0.2) is 0 Å². The summed E-state index contributed by atoms with van der Waals surface area (Å²) in [6, 6.07) is 0. The number of rotatable bonds is 1. The van der Waals surface area contributed by atoms with E-state index in [0.29, 0.717) is 12.8 Å². The number of hydrogen-bond donors (Lipinski definition) is 0. The molecule has 1 fully saturated rings. The molecule has 0 atom stereocenters. The monoisotopic (exact) mass is 180 g/mol. The van der Waals surface area contributed by atoms with Crippen LogP contribution in [-0.2, 0) is 0 Å². The van der Waals surface area contributed by atoms with E-state index in [-0.39, 0.29) is 5.92 Å². The van der Waals surface area contributed by atoms with Crippen LogP contribution in [0.3, 0.4) is 0 Å². The Morgan fingerprint density at radius 1 is 1.08 bits per heavy atom. The van der Waals surface area contributed by atoms with Crippen LogP contribution in [0, 0.1) is 11.3 Å². The summed E-state index contributed by atoms with van der Waals surface area (Å²) >= 11 is 0. The van der Waals surface area contributed by atoms with Crippen molar-refractivity contribution in [1.29, 1.82) is 0 Å². The van der Waals surface area contributed by atoms with E-state index in [4.69, 9.17) is 0 Å². The van der Waals surface area contributed by atoms with E-state index in [9.17, 15) is 13.2 Å². The second-order valence-electron chi connectivity index (χ2n) is 4.02. The molecule has 0 nitrogen and oxygen atoms in total. The SMILES string of the molecule is CC(C)C1(C(F)(F)F)CCCC1. The molecule has 72 valence electrons. The molecule has 1 rings (SSSR count). The van der Waals surface area contributed by atoms with Gasteiger partial charge in [-0.3, -0.25) is 0 Å². The zero-order chi connectivity index (χ0) is 9.41. The van der Waals surface area contributed by atoms with Gasteiger partial charge in [0.25, 0.3) is 0 Å².